The molecule has 0 aliphatic carbocycles. The number of aromatic nitrogens is 1. The van der Waals surface area contributed by atoms with Gasteiger partial charge < -0.3 is 11.2 Å². The fourth-order valence-corrected chi connectivity index (χ4v) is 2.50. The lowest BCUT2D eigenvalue weighted by molar-refractivity contribution is 0.249. The minimum absolute atomic E-state index is 0. The molecule has 0 spiro atoms. The van der Waals surface area contributed by atoms with Crippen molar-refractivity contribution in [1.82, 2.24) is 9.99 Å². The number of para-hydroxylation sites is 1. The molecule has 0 unspecified atom stereocenters. The number of hydrazone groups is 1. The largest absolute Gasteiger partial charge is 0.412 e. The van der Waals surface area contributed by atoms with Crippen LogP contribution in [0.2, 0.25) is 0 Å². The second kappa shape index (κ2) is 6.66. The number of fused-ring (bicyclic) bond motifs is 1. The van der Waals surface area contributed by atoms with Crippen molar-refractivity contribution in [3.05, 3.63) is 33.9 Å². The molecule has 0 aliphatic rings. The highest BCUT2D eigenvalue weighted by molar-refractivity contribution is 7.16. The average molecular weight is 282 g/mol. The predicted octanol–water partition coefficient (Wildman–Crippen LogP) is 0.282. The molecule has 5 N–H and O–H groups in total. The first-order chi connectivity index (χ1) is 8.68. The third kappa shape index (κ3) is 3.63. The van der Waals surface area contributed by atoms with Crippen molar-refractivity contribution < 1.29 is 10.3 Å². The molecule has 0 bridgehead atoms. The highest BCUT2D eigenvalue weighted by Crippen LogP contribution is 2.16. The number of nitrogens with one attached hydrogen (secondary N) is 1. The Labute approximate surface area is 112 Å². The Hall–Kier alpha value is -2.19. The molecule has 19 heavy (non-hydrogen) atoms. The summed E-state index contributed by atoms with van der Waals surface area (Å²) in [7, 11) is 0. The molecular formula is C11H14N4O3S. The maximum absolute atomic E-state index is 11.8. The molecule has 1 aromatic heterocycles. The van der Waals surface area contributed by atoms with Crippen LogP contribution in [0, 0.1) is 0 Å². The average Bonchev–Trinajstić information content (AvgIpc) is 2.65. The quantitative estimate of drug-likeness (QED) is 0.618. The summed E-state index contributed by atoms with van der Waals surface area (Å²) in [6, 6.07) is 6.92. The third-order valence-electron chi connectivity index (χ3n) is 2.32. The van der Waals surface area contributed by atoms with Crippen LogP contribution in [-0.2, 0) is 6.54 Å². The van der Waals surface area contributed by atoms with Crippen LogP contribution in [0.4, 0.5) is 4.79 Å². The molecule has 1 aromatic carbocycles. The second-order valence-corrected chi connectivity index (χ2v) is 4.56. The zero-order valence-corrected chi connectivity index (χ0v) is 10.8. The van der Waals surface area contributed by atoms with Crippen molar-refractivity contribution in [3.8, 4) is 0 Å². The van der Waals surface area contributed by atoms with E-state index in [4.69, 9.17) is 5.73 Å². The lowest BCUT2D eigenvalue weighted by atomic mass is 10.3. The topological polar surface area (TPSA) is 121 Å². The van der Waals surface area contributed by atoms with Gasteiger partial charge in [0.05, 0.1) is 10.2 Å². The first kappa shape index (κ1) is 14.9. The van der Waals surface area contributed by atoms with E-state index >= 15 is 0 Å². The molecule has 0 saturated carbocycles. The van der Waals surface area contributed by atoms with Crippen LogP contribution in [0.15, 0.2) is 34.2 Å². The normalized spacial score (nSPS) is 10.5. The van der Waals surface area contributed by atoms with Gasteiger partial charge in [0, 0.05) is 19.2 Å². The Morgan fingerprint density at radius 1 is 1.47 bits per heavy atom. The van der Waals surface area contributed by atoms with Crippen LogP contribution in [0.5, 0.6) is 0 Å². The number of hydrogen-bond donors (Lipinski definition) is 2. The molecule has 8 heteroatoms. The van der Waals surface area contributed by atoms with Gasteiger partial charge in [0.25, 0.3) is 0 Å². The van der Waals surface area contributed by atoms with Gasteiger partial charge in [-0.15, -0.1) is 0 Å². The summed E-state index contributed by atoms with van der Waals surface area (Å²) in [6.07, 6.45) is 2.06. The van der Waals surface area contributed by atoms with Crippen LogP contribution < -0.4 is 16.0 Å². The van der Waals surface area contributed by atoms with E-state index in [0.29, 0.717) is 13.0 Å². The van der Waals surface area contributed by atoms with E-state index in [-0.39, 0.29) is 10.3 Å². The summed E-state index contributed by atoms with van der Waals surface area (Å²) in [5.74, 6) is 0. The van der Waals surface area contributed by atoms with Gasteiger partial charge >= 0.3 is 10.9 Å². The maximum Gasteiger partial charge on any atom is 0.332 e. The van der Waals surface area contributed by atoms with Crippen molar-refractivity contribution in [2.24, 2.45) is 10.8 Å². The Morgan fingerprint density at radius 2 is 2.21 bits per heavy atom. The van der Waals surface area contributed by atoms with Crippen molar-refractivity contribution in [3.63, 3.8) is 0 Å². The summed E-state index contributed by atoms with van der Waals surface area (Å²) in [5, 5.41) is 3.62. The molecule has 0 aliphatic heterocycles. The summed E-state index contributed by atoms with van der Waals surface area (Å²) >= 11 is 1.22. The van der Waals surface area contributed by atoms with E-state index in [9.17, 15) is 9.59 Å². The first-order valence-corrected chi connectivity index (χ1v) is 6.15. The minimum Gasteiger partial charge on any atom is -0.412 e. The van der Waals surface area contributed by atoms with Gasteiger partial charge in [-0.1, -0.05) is 23.5 Å². The van der Waals surface area contributed by atoms with Crippen molar-refractivity contribution in [2.45, 2.75) is 13.0 Å². The van der Waals surface area contributed by atoms with E-state index < -0.39 is 6.03 Å². The van der Waals surface area contributed by atoms with Gasteiger partial charge in [0.15, 0.2) is 0 Å². The second-order valence-electron chi connectivity index (χ2n) is 3.56. The lowest BCUT2D eigenvalue weighted by Gasteiger charge is -2.00. The van der Waals surface area contributed by atoms with E-state index in [0.717, 1.165) is 10.2 Å². The summed E-state index contributed by atoms with van der Waals surface area (Å²) in [5.41, 5.74) is 7.87. The molecule has 2 rings (SSSR count). The highest BCUT2D eigenvalue weighted by Gasteiger charge is 2.05. The van der Waals surface area contributed by atoms with Crippen molar-refractivity contribution >= 4 is 33.8 Å². The molecule has 0 saturated heterocycles. The number of hydrogen-bond acceptors (Lipinski definition) is 4. The Morgan fingerprint density at radius 3 is 2.95 bits per heavy atom. The van der Waals surface area contributed by atoms with Gasteiger partial charge in [0.1, 0.15) is 0 Å². The van der Waals surface area contributed by atoms with Crippen LogP contribution in [0.25, 0.3) is 10.2 Å². The molecule has 2 aromatic rings. The summed E-state index contributed by atoms with van der Waals surface area (Å²) in [6.45, 7) is 0.521. The molecule has 7 nitrogen and oxygen atoms in total. The number of thiazole rings is 1. The number of primary amides is 1. The summed E-state index contributed by atoms with van der Waals surface area (Å²) < 4.78 is 2.66. The van der Waals surface area contributed by atoms with E-state index in [1.54, 1.807) is 4.57 Å². The fraction of sp³-hybridized carbons (Fsp3) is 0.182. The van der Waals surface area contributed by atoms with Crippen LogP contribution in [0.1, 0.15) is 6.42 Å². The molecule has 0 atom stereocenters. The van der Waals surface area contributed by atoms with Crippen LogP contribution in [-0.4, -0.2) is 22.3 Å². The number of carbonyl (C=O) groups excluding carboxylic acids is 1. The molecule has 2 amide bonds. The molecule has 1 heterocycles. The maximum atomic E-state index is 11.8. The standard InChI is InChI=1S/C11H12N4O2S.H2O/c12-10(16)14-13-6-3-7-15-8-4-1-2-5-9(8)18-11(15)17;/h1-2,4-6H,3,7H2,(H3,12,14,16);1H2/b13-6+;. The number of aryl methyl sites for hydroxylation is 1. The Balaban J connectivity index is 0.00000180. The number of benzene rings is 1. The Kier molecular flexibility index (Phi) is 5.22. The highest BCUT2D eigenvalue weighted by atomic mass is 32.1. The number of amides is 2. The number of nitrogens with two attached hydrogens (primary N) is 1. The fourth-order valence-electron chi connectivity index (χ4n) is 1.59. The van der Waals surface area contributed by atoms with Crippen LogP contribution >= 0.6 is 11.3 Å². The minimum atomic E-state index is -0.704. The number of urea groups is 1. The van der Waals surface area contributed by atoms with Gasteiger partial charge in [-0.25, -0.2) is 10.2 Å². The number of carbonyl (C=O) groups is 1. The molecule has 102 valence electrons. The van der Waals surface area contributed by atoms with Gasteiger partial charge in [-0.3, -0.25) is 9.36 Å². The SMILES string of the molecule is NC(=O)N/N=C/CCn1c(=O)sc2ccccc21.O. The predicted molar refractivity (Wildman–Crippen MR) is 75.5 cm³/mol. The zero-order valence-electron chi connectivity index (χ0n) is 10.00. The lowest BCUT2D eigenvalue weighted by Crippen LogP contribution is -2.24. The smallest absolute Gasteiger partial charge is 0.332 e. The third-order valence-corrected chi connectivity index (χ3v) is 3.28. The number of rotatable bonds is 4. The van der Waals surface area contributed by atoms with Gasteiger partial charge in [-0.05, 0) is 12.1 Å². The molecule has 0 fully saturated rings. The van der Waals surface area contributed by atoms with E-state index in [2.05, 4.69) is 10.5 Å². The summed E-state index contributed by atoms with van der Waals surface area (Å²) in [4.78, 5) is 22.1. The monoisotopic (exact) mass is 282 g/mol. The zero-order chi connectivity index (χ0) is 13.0. The molecular weight excluding hydrogens is 268 g/mol. The van der Waals surface area contributed by atoms with Crippen molar-refractivity contribution in [1.29, 1.82) is 0 Å². The first-order valence-electron chi connectivity index (χ1n) is 5.34. The van der Waals surface area contributed by atoms with Gasteiger partial charge in [0.2, 0.25) is 0 Å². The van der Waals surface area contributed by atoms with E-state index in [1.165, 1.54) is 17.6 Å². The van der Waals surface area contributed by atoms with Crippen molar-refractivity contribution in [2.75, 3.05) is 0 Å². The van der Waals surface area contributed by atoms with E-state index in [1.807, 2.05) is 24.3 Å². The van der Waals surface area contributed by atoms with Gasteiger partial charge in [-0.2, -0.15) is 5.10 Å². The van der Waals surface area contributed by atoms with Crippen LogP contribution in [0.3, 0.4) is 0 Å². The number of nitrogens with zero attached hydrogens (tertiary/aromatic N) is 2. The Bertz CT molecular complexity index is 647. The molecule has 0 radical (unpaired) electrons.